The number of hydrogen-bond donors (Lipinski definition) is 0. The molecule has 0 fully saturated rings. The monoisotopic (exact) mass is 264 g/mol. The molecule has 0 saturated heterocycles. The Morgan fingerprint density at radius 1 is 1.11 bits per heavy atom. The van der Waals surface area contributed by atoms with E-state index in [1.807, 2.05) is 0 Å². The molecule has 0 N–H and O–H groups in total. The summed E-state index contributed by atoms with van der Waals surface area (Å²) in [6.45, 7) is 0. The van der Waals surface area contributed by atoms with Gasteiger partial charge in [-0.3, -0.25) is 4.98 Å². The van der Waals surface area contributed by atoms with Crippen molar-refractivity contribution in [3.05, 3.63) is 61.1 Å². The minimum absolute atomic E-state index is 0. The molecule has 0 amide bonds. The predicted octanol–water partition coefficient (Wildman–Crippen LogP) is -0.923. The van der Waals surface area contributed by atoms with Crippen LogP contribution in [0.1, 0.15) is 0 Å². The summed E-state index contributed by atoms with van der Waals surface area (Å²) in [6, 6.07) is 11.6. The van der Waals surface area contributed by atoms with E-state index in [-0.39, 0.29) is 23.8 Å². The van der Waals surface area contributed by atoms with Crippen molar-refractivity contribution in [1.29, 1.82) is 0 Å². The zero-order valence-corrected chi connectivity index (χ0v) is 11.1. The van der Waals surface area contributed by atoms with Gasteiger partial charge in [0.05, 0.1) is 4.90 Å². The maximum Gasteiger partial charge on any atom is 1.00 e. The minimum atomic E-state index is -3.59. The van der Waals surface area contributed by atoms with Crippen molar-refractivity contribution >= 4 is 20.9 Å². The Morgan fingerprint density at radius 2 is 1.84 bits per heavy atom. The Morgan fingerprint density at radius 3 is 2.58 bits per heavy atom. The zero-order valence-electron chi connectivity index (χ0n) is 10.3. The Hall–Kier alpha value is -1.54. The molecule has 2 aromatic heterocycles. The molecule has 3 rings (SSSR count). The molecule has 0 saturated carbocycles. The molecule has 4 nitrogen and oxygen atoms in total. The fourth-order valence-electron chi connectivity index (χ4n) is 1.79. The first kappa shape index (κ1) is 13.9. The maximum absolute atomic E-state index is 12.4. The summed E-state index contributed by atoms with van der Waals surface area (Å²) in [6.07, 6.45) is 5.92. The van der Waals surface area contributed by atoms with E-state index in [0.29, 0.717) is 5.52 Å². The van der Waals surface area contributed by atoms with E-state index >= 15 is 0 Å². The van der Waals surface area contributed by atoms with Crippen molar-refractivity contribution in [2.45, 2.75) is 4.90 Å². The molecule has 1 aromatic carbocycles. The molecule has 0 aliphatic heterocycles. The number of fused-ring (bicyclic) bond motifs is 1. The standard InChI is InChI=1S/C13H9N2O2S.Li/c16-18(17,12-4-2-1-3-5-12)15-9-7-11-10-14-8-6-13(11)15;/h1-8,10H;/q-1;+1. The first-order valence-corrected chi connectivity index (χ1v) is 6.77. The molecule has 19 heavy (non-hydrogen) atoms. The van der Waals surface area contributed by atoms with Crippen LogP contribution in [0.15, 0.2) is 59.8 Å². The van der Waals surface area contributed by atoms with Crippen LogP contribution < -0.4 is 18.9 Å². The fraction of sp³-hybridized carbons (Fsp3) is 0. The van der Waals surface area contributed by atoms with Crippen LogP contribution in [0.3, 0.4) is 0 Å². The van der Waals surface area contributed by atoms with Gasteiger partial charge in [0.15, 0.2) is 0 Å². The SMILES string of the molecule is O=S(=O)(c1ccccc1)n1[c-]cc2cnccc21.[Li+]. The number of rotatable bonds is 2. The maximum atomic E-state index is 12.4. The largest absolute Gasteiger partial charge is 1.00 e. The summed E-state index contributed by atoms with van der Waals surface area (Å²) >= 11 is 0. The van der Waals surface area contributed by atoms with Gasteiger partial charge in [-0.15, -0.1) is 5.39 Å². The Kier molecular flexibility index (Phi) is 3.81. The van der Waals surface area contributed by atoms with Gasteiger partial charge in [-0.2, -0.15) is 6.07 Å². The summed E-state index contributed by atoms with van der Waals surface area (Å²) in [4.78, 5) is 4.20. The molecule has 0 unspecified atom stereocenters. The molecular formula is C13H9LiN2O2S. The van der Waals surface area contributed by atoms with Gasteiger partial charge >= 0.3 is 18.9 Å². The van der Waals surface area contributed by atoms with E-state index in [9.17, 15) is 8.42 Å². The summed E-state index contributed by atoms with van der Waals surface area (Å²) in [5, 5.41) is 0.747. The van der Waals surface area contributed by atoms with Crippen molar-refractivity contribution in [2.24, 2.45) is 0 Å². The van der Waals surface area contributed by atoms with Crippen molar-refractivity contribution in [3.63, 3.8) is 0 Å². The Balaban J connectivity index is 0.00000133. The Labute approximate surface area is 123 Å². The van der Waals surface area contributed by atoms with E-state index < -0.39 is 10.0 Å². The minimum Gasteiger partial charge on any atom is -0.360 e. The third-order valence-corrected chi connectivity index (χ3v) is 4.32. The smallest absolute Gasteiger partial charge is 0.360 e. The zero-order chi connectivity index (χ0) is 12.6. The van der Waals surface area contributed by atoms with Gasteiger partial charge in [0.2, 0.25) is 10.0 Å². The van der Waals surface area contributed by atoms with Gasteiger partial charge in [-0.25, -0.2) is 8.42 Å². The molecule has 0 aliphatic rings. The normalized spacial score (nSPS) is 11.2. The summed E-state index contributed by atoms with van der Waals surface area (Å²) < 4.78 is 26.0. The Bertz CT molecular complexity index is 798. The number of pyridine rings is 1. The van der Waals surface area contributed by atoms with Crippen LogP contribution >= 0.6 is 0 Å². The van der Waals surface area contributed by atoms with Crippen LogP contribution in [-0.4, -0.2) is 17.4 Å². The third kappa shape index (κ3) is 2.33. The molecular weight excluding hydrogens is 255 g/mol. The van der Waals surface area contributed by atoms with E-state index in [1.54, 1.807) is 54.9 Å². The van der Waals surface area contributed by atoms with Gasteiger partial charge in [-0.1, -0.05) is 36.0 Å². The summed E-state index contributed by atoms with van der Waals surface area (Å²) in [5.41, 5.74) is 0.578. The van der Waals surface area contributed by atoms with Gasteiger partial charge in [-0.05, 0) is 18.3 Å². The third-order valence-electron chi connectivity index (χ3n) is 2.67. The predicted molar refractivity (Wildman–Crippen MR) is 67.6 cm³/mol. The van der Waals surface area contributed by atoms with Crippen LogP contribution in [-0.2, 0) is 10.0 Å². The number of benzene rings is 1. The summed E-state index contributed by atoms with van der Waals surface area (Å²) in [7, 11) is -3.59. The van der Waals surface area contributed by atoms with E-state index in [1.165, 1.54) is 0 Å². The van der Waals surface area contributed by atoms with Crippen LogP contribution in [0.4, 0.5) is 0 Å². The quantitative estimate of drug-likeness (QED) is 0.444. The van der Waals surface area contributed by atoms with Crippen LogP contribution in [0, 0.1) is 6.20 Å². The van der Waals surface area contributed by atoms with E-state index in [4.69, 9.17) is 0 Å². The molecule has 6 heteroatoms. The van der Waals surface area contributed by atoms with Crippen molar-refractivity contribution in [3.8, 4) is 0 Å². The molecule has 0 aliphatic carbocycles. The second kappa shape index (κ2) is 5.22. The van der Waals surface area contributed by atoms with Gasteiger partial charge in [0.1, 0.15) is 0 Å². The fourth-order valence-corrected chi connectivity index (χ4v) is 3.12. The first-order chi connectivity index (χ1) is 8.69. The van der Waals surface area contributed by atoms with Crippen molar-refractivity contribution < 1.29 is 27.3 Å². The van der Waals surface area contributed by atoms with Gasteiger partial charge < -0.3 is 3.97 Å². The second-order valence-electron chi connectivity index (χ2n) is 3.79. The van der Waals surface area contributed by atoms with E-state index in [2.05, 4.69) is 11.2 Å². The van der Waals surface area contributed by atoms with Gasteiger partial charge in [0.25, 0.3) is 0 Å². The number of aromatic nitrogens is 2. The van der Waals surface area contributed by atoms with Crippen LogP contribution in [0.2, 0.25) is 0 Å². The molecule has 0 bridgehead atoms. The molecule has 0 atom stereocenters. The van der Waals surface area contributed by atoms with Crippen LogP contribution in [0.5, 0.6) is 0 Å². The molecule has 0 radical (unpaired) electrons. The van der Waals surface area contributed by atoms with Gasteiger partial charge in [0, 0.05) is 6.20 Å². The molecule has 3 aromatic rings. The van der Waals surface area contributed by atoms with Crippen LogP contribution in [0.25, 0.3) is 10.9 Å². The second-order valence-corrected chi connectivity index (χ2v) is 5.58. The van der Waals surface area contributed by atoms with E-state index in [0.717, 1.165) is 9.36 Å². The number of hydrogen-bond acceptors (Lipinski definition) is 3. The first-order valence-electron chi connectivity index (χ1n) is 5.33. The topological polar surface area (TPSA) is 52.0 Å². The average molecular weight is 264 g/mol. The number of nitrogens with zero attached hydrogens (tertiary/aromatic N) is 2. The average Bonchev–Trinajstić information content (AvgIpc) is 2.84. The van der Waals surface area contributed by atoms with Crippen molar-refractivity contribution in [1.82, 2.24) is 8.96 Å². The molecule has 0 spiro atoms. The van der Waals surface area contributed by atoms with Crippen molar-refractivity contribution in [2.75, 3.05) is 0 Å². The molecule has 90 valence electrons. The summed E-state index contributed by atoms with van der Waals surface area (Å²) in [5.74, 6) is 0. The molecule has 2 heterocycles.